The van der Waals surface area contributed by atoms with Crippen LogP contribution in [0.4, 0.5) is 0 Å². The zero-order valence-corrected chi connectivity index (χ0v) is 7.83. The summed E-state index contributed by atoms with van der Waals surface area (Å²) in [5.41, 5.74) is 1.29. The molecule has 0 heterocycles. The molecule has 3 rings (SSSR count). The molecule has 0 aliphatic heterocycles. The summed E-state index contributed by atoms with van der Waals surface area (Å²) in [5, 5.41) is 5.05. The van der Waals surface area contributed by atoms with Gasteiger partial charge in [0.2, 0.25) is 0 Å². The first-order valence-electron chi connectivity index (χ1n) is 4.75. The molecule has 14 heavy (non-hydrogen) atoms. The molecule has 0 unspecified atom stereocenters. The van der Waals surface area contributed by atoms with Crippen LogP contribution in [-0.4, -0.2) is 0 Å². The van der Waals surface area contributed by atoms with Gasteiger partial charge in [0.05, 0.1) is 0 Å². The van der Waals surface area contributed by atoms with Crippen molar-refractivity contribution in [2.75, 3.05) is 0 Å². The Kier molecular flexibility index (Phi) is 1.40. The summed E-state index contributed by atoms with van der Waals surface area (Å²) < 4.78 is 0. The summed E-state index contributed by atoms with van der Waals surface area (Å²) in [5.74, 6) is 0. The molecule has 0 bridgehead atoms. The van der Waals surface area contributed by atoms with E-state index in [1.54, 1.807) is 0 Å². The van der Waals surface area contributed by atoms with Crippen LogP contribution in [-0.2, 0) is 0 Å². The minimum absolute atomic E-state index is 1.08. The first-order valence-corrected chi connectivity index (χ1v) is 4.75. The lowest BCUT2D eigenvalue weighted by atomic mass is 10.1. The Bertz CT molecular complexity index is 694. The van der Waals surface area contributed by atoms with Crippen molar-refractivity contribution < 1.29 is 0 Å². The van der Waals surface area contributed by atoms with Gasteiger partial charge in [0, 0.05) is 0 Å². The predicted octanol–water partition coefficient (Wildman–Crippen LogP) is 1.53. The molecule has 0 heteroatoms. The highest BCUT2D eigenvalue weighted by atomic mass is 14.0. The van der Waals surface area contributed by atoms with Gasteiger partial charge in [-0.1, -0.05) is 43.0 Å². The van der Waals surface area contributed by atoms with Gasteiger partial charge in [0.1, 0.15) is 0 Å². The predicted molar refractivity (Wildman–Crippen MR) is 58.9 cm³/mol. The zero-order chi connectivity index (χ0) is 9.54. The Balaban J connectivity index is 2.66. The molecule has 0 atom stereocenters. The number of hydrogen-bond acceptors (Lipinski definition) is 0. The summed E-state index contributed by atoms with van der Waals surface area (Å²) in [6, 6.07) is 14.8. The SMILES string of the molecule is C=c1ccc2c(c1)C=c1ccccc1=2. The fraction of sp³-hybridized carbons (Fsp3) is 0. The topological polar surface area (TPSA) is 0 Å². The van der Waals surface area contributed by atoms with E-state index in [4.69, 9.17) is 0 Å². The van der Waals surface area contributed by atoms with Crippen LogP contribution in [0.1, 0.15) is 5.56 Å². The maximum atomic E-state index is 3.94. The highest BCUT2D eigenvalue weighted by Crippen LogP contribution is 2.06. The molecule has 0 fully saturated rings. The Morgan fingerprint density at radius 3 is 2.64 bits per heavy atom. The smallest absolute Gasteiger partial charge is 0.0105 e. The third kappa shape index (κ3) is 0.942. The second-order valence-corrected chi connectivity index (χ2v) is 3.65. The van der Waals surface area contributed by atoms with Gasteiger partial charge in [0.15, 0.2) is 0 Å². The molecule has 1 aliphatic rings. The zero-order valence-electron chi connectivity index (χ0n) is 7.83. The molecule has 0 saturated carbocycles. The molecule has 0 aromatic heterocycles. The van der Waals surface area contributed by atoms with Crippen LogP contribution in [0.3, 0.4) is 0 Å². The maximum Gasteiger partial charge on any atom is -0.0105 e. The molecule has 0 nitrogen and oxygen atoms in total. The minimum Gasteiger partial charge on any atom is -0.0917 e. The van der Waals surface area contributed by atoms with Crippen molar-refractivity contribution in [3.63, 3.8) is 0 Å². The van der Waals surface area contributed by atoms with E-state index in [9.17, 15) is 0 Å². The van der Waals surface area contributed by atoms with Crippen molar-refractivity contribution in [3.8, 4) is 0 Å². The van der Waals surface area contributed by atoms with Gasteiger partial charge in [-0.2, -0.15) is 0 Å². The Morgan fingerprint density at radius 2 is 1.71 bits per heavy atom. The highest BCUT2D eigenvalue weighted by molar-refractivity contribution is 5.55. The van der Waals surface area contributed by atoms with E-state index < -0.39 is 0 Å². The molecule has 0 spiro atoms. The van der Waals surface area contributed by atoms with E-state index in [0.29, 0.717) is 0 Å². The molecule has 0 amide bonds. The Hall–Kier alpha value is -1.82. The normalized spacial score (nSPS) is 11.7. The average molecular weight is 178 g/mol. The van der Waals surface area contributed by atoms with Gasteiger partial charge >= 0.3 is 0 Å². The summed E-state index contributed by atoms with van der Waals surface area (Å²) in [4.78, 5) is 0. The lowest BCUT2D eigenvalue weighted by Crippen LogP contribution is -1.96. The van der Waals surface area contributed by atoms with Crippen molar-refractivity contribution in [3.05, 3.63) is 68.9 Å². The molecule has 2 aromatic rings. The highest BCUT2D eigenvalue weighted by Gasteiger charge is 1.99. The molecule has 66 valence electrons. The van der Waals surface area contributed by atoms with Gasteiger partial charge in [-0.05, 0) is 38.6 Å². The van der Waals surface area contributed by atoms with Gasteiger partial charge < -0.3 is 0 Å². The average Bonchev–Trinajstić information content (AvgIpc) is 2.54. The van der Waals surface area contributed by atoms with Crippen LogP contribution in [0.5, 0.6) is 0 Å². The first-order chi connectivity index (χ1) is 6.84. The summed E-state index contributed by atoms with van der Waals surface area (Å²) in [6.45, 7) is 3.94. The lowest BCUT2D eigenvalue weighted by molar-refractivity contribution is 1.47. The second-order valence-electron chi connectivity index (χ2n) is 3.65. The van der Waals surface area contributed by atoms with Gasteiger partial charge in [0.25, 0.3) is 0 Å². The van der Waals surface area contributed by atoms with Crippen LogP contribution >= 0.6 is 0 Å². The minimum atomic E-state index is 1.08. The van der Waals surface area contributed by atoms with Crippen LogP contribution in [0.2, 0.25) is 0 Å². The molecule has 0 N–H and O–H groups in total. The van der Waals surface area contributed by atoms with Crippen molar-refractivity contribution in [1.29, 1.82) is 0 Å². The molecular weight excluding hydrogens is 168 g/mol. The van der Waals surface area contributed by atoms with E-state index >= 15 is 0 Å². The lowest BCUT2D eigenvalue weighted by Gasteiger charge is -1.89. The monoisotopic (exact) mass is 178 g/mol. The number of benzene rings is 2. The number of rotatable bonds is 0. The van der Waals surface area contributed by atoms with Crippen LogP contribution in [0, 0.1) is 10.4 Å². The molecule has 0 saturated heterocycles. The third-order valence-corrected chi connectivity index (χ3v) is 2.68. The quantitative estimate of drug-likeness (QED) is 0.489. The van der Waals surface area contributed by atoms with E-state index in [-0.39, 0.29) is 0 Å². The second kappa shape index (κ2) is 2.58. The molecular formula is C14H10. The van der Waals surface area contributed by atoms with Crippen LogP contribution < -0.4 is 10.4 Å². The Labute approximate surface area is 82.1 Å². The molecule has 0 radical (unpaired) electrons. The van der Waals surface area contributed by atoms with Gasteiger partial charge in [-0.15, -0.1) is 0 Å². The van der Waals surface area contributed by atoms with E-state index in [1.807, 2.05) is 0 Å². The molecule has 2 aromatic carbocycles. The fourth-order valence-corrected chi connectivity index (χ4v) is 2.01. The van der Waals surface area contributed by atoms with Crippen LogP contribution in [0.15, 0.2) is 42.5 Å². The summed E-state index contributed by atoms with van der Waals surface area (Å²) in [7, 11) is 0. The van der Waals surface area contributed by atoms with E-state index in [1.165, 1.54) is 21.2 Å². The van der Waals surface area contributed by atoms with Crippen molar-refractivity contribution >= 4 is 12.7 Å². The molecule has 1 aliphatic carbocycles. The maximum absolute atomic E-state index is 3.94. The van der Waals surface area contributed by atoms with E-state index in [2.05, 4.69) is 55.1 Å². The van der Waals surface area contributed by atoms with E-state index in [0.717, 1.165) is 5.22 Å². The summed E-state index contributed by atoms with van der Waals surface area (Å²) >= 11 is 0. The van der Waals surface area contributed by atoms with Crippen molar-refractivity contribution in [1.82, 2.24) is 0 Å². The first kappa shape index (κ1) is 7.57. The van der Waals surface area contributed by atoms with Gasteiger partial charge in [-0.25, -0.2) is 0 Å². The Morgan fingerprint density at radius 1 is 0.857 bits per heavy atom. The summed E-state index contributed by atoms with van der Waals surface area (Å²) in [6.07, 6.45) is 2.22. The largest absolute Gasteiger partial charge is 0.0917 e. The van der Waals surface area contributed by atoms with Crippen molar-refractivity contribution in [2.24, 2.45) is 0 Å². The fourth-order valence-electron chi connectivity index (χ4n) is 2.01. The number of fused-ring (bicyclic) bond motifs is 2. The van der Waals surface area contributed by atoms with Crippen molar-refractivity contribution in [2.45, 2.75) is 0 Å². The van der Waals surface area contributed by atoms with Crippen LogP contribution in [0.25, 0.3) is 12.7 Å². The third-order valence-electron chi connectivity index (χ3n) is 2.68. The van der Waals surface area contributed by atoms with Gasteiger partial charge in [-0.3, -0.25) is 0 Å². The number of hydrogen-bond donors (Lipinski definition) is 0. The standard InChI is InChI=1S/C14H10/c1-10-6-7-14-12(8-10)9-11-4-2-3-5-13(11)14/h2-9H,1H2.